The fraction of sp³-hybridized carbons (Fsp3) is 0.143. The highest BCUT2D eigenvalue weighted by molar-refractivity contribution is 7.90. The van der Waals surface area contributed by atoms with Crippen LogP contribution in [0.15, 0.2) is 47.5 Å². The number of carbonyl (C=O) groups is 1. The lowest BCUT2D eigenvalue weighted by molar-refractivity contribution is 0.0600. The number of aromatic nitrogens is 1. The van der Waals surface area contributed by atoms with Gasteiger partial charge in [-0.1, -0.05) is 12.1 Å². The summed E-state index contributed by atoms with van der Waals surface area (Å²) in [5, 5.41) is 0. The first-order valence-electron chi connectivity index (χ1n) is 5.94. The van der Waals surface area contributed by atoms with E-state index in [0.717, 1.165) is 6.07 Å². The van der Waals surface area contributed by atoms with E-state index in [1.807, 2.05) is 0 Å². The van der Waals surface area contributed by atoms with E-state index >= 15 is 0 Å². The average molecular weight is 309 g/mol. The van der Waals surface area contributed by atoms with E-state index in [1.165, 1.54) is 43.6 Å². The van der Waals surface area contributed by atoms with Gasteiger partial charge in [0, 0.05) is 6.20 Å². The molecule has 1 heterocycles. The molecule has 0 unspecified atom stereocenters. The molecule has 0 saturated carbocycles. The van der Waals surface area contributed by atoms with Gasteiger partial charge in [0.25, 0.3) is 0 Å². The van der Waals surface area contributed by atoms with Crippen molar-refractivity contribution in [2.75, 3.05) is 7.11 Å². The molecule has 7 heteroatoms. The molecular weight excluding hydrogens is 297 g/mol. The van der Waals surface area contributed by atoms with Crippen molar-refractivity contribution in [2.45, 2.75) is 10.6 Å². The number of methoxy groups -OCH3 is 1. The predicted molar refractivity (Wildman–Crippen MR) is 72.9 cm³/mol. The minimum atomic E-state index is -3.84. The van der Waals surface area contributed by atoms with Gasteiger partial charge in [-0.15, -0.1) is 0 Å². The highest BCUT2D eigenvalue weighted by Crippen LogP contribution is 2.18. The van der Waals surface area contributed by atoms with E-state index in [2.05, 4.69) is 9.72 Å². The van der Waals surface area contributed by atoms with Gasteiger partial charge in [0.1, 0.15) is 10.7 Å². The molecule has 0 aliphatic heterocycles. The number of halogens is 1. The van der Waals surface area contributed by atoms with E-state index in [9.17, 15) is 17.6 Å². The number of benzene rings is 1. The summed E-state index contributed by atoms with van der Waals surface area (Å²) in [4.78, 5) is 14.8. The molecule has 2 rings (SSSR count). The number of rotatable bonds is 4. The molecule has 0 spiro atoms. The number of ether oxygens (including phenoxy) is 1. The third kappa shape index (κ3) is 3.43. The summed E-state index contributed by atoms with van der Waals surface area (Å²) in [6.07, 6.45) is 1.22. The minimum absolute atomic E-state index is 0.213. The number of carbonyl (C=O) groups excluding carboxylic acids is 1. The first-order valence-corrected chi connectivity index (χ1v) is 7.60. The van der Waals surface area contributed by atoms with E-state index in [1.54, 1.807) is 0 Å². The summed E-state index contributed by atoms with van der Waals surface area (Å²) >= 11 is 0. The van der Waals surface area contributed by atoms with Crippen molar-refractivity contribution >= 4 is 15.8 Å². The highest BCUT2D eigenvalue weighted by Gasteiger charge is 2.20. The van der Waals surface area contributed by atoms with E-state index < -0.39 is 27.4 Å². The predicted octanol–water partition coefficient (Wildman–Crippen LogP) is 1.98. The van der Waals surface area contributed by atoms with Crippen molar-refractivity contribution in [3.8, 4) is 0 Å². The molecule has 0 aliphatic rings. The molecule has 0 amide bonds. The lowest BCUT2D eigenvalue weighted by Crippen LogP contribution is -2.09. The SMILES string of the molecule is COC(=O)c1ccc(CS(=O)(=O)c2ccccc2F)nc1. The topological polar surface area (TPSA) is 73.3 Å². The van der Waals surface area contributed by atoms with Crippen LogP contribution in [0.1, 0.15) is 16.1 Å². The minimum Gasteiger partial charge on any atom is -0.465 e. The van der Waals surface area contributed by atoms with Crippen molar-refractivity contribution in [3.63, 3.8) is 0 Å². The first-order chi connectivity index (χ1) is 9.94. The van der Waals surface area contributed by atoms with Crippen LogP contribution in [-0.2, 0) is 20.3 Å². The molecule has 0 aliphatic carbocycles. The van der Waals surface area contributed by atoms with Crippen LogP contribution in [0.25, 0.3) is 0 Å². The number of nitrogens with zero attached hydrogens (tertiary/aromatic N) is 1. The molecule has 21 heavy (non-hydrogen) atoms. The largest absolute Gasteiger partial charge is 0.465 e. The Balaban J connectivity index is 2.25. The van der Waals surface area contributed by atoms with Gasteiger partial charge in [-0.2, -0.15) is 0 Å². The second kappa shape index (κ2) is 6.01. The molecule has 1 aromatic heterocycles. The standard InChI is InChI=1S/C14H12FNO4S/c1-20-14(17)10-6-7-11(16-8-10)9-21(18,19)13-5-3-2-4-12(13)15/h2-8H,9H2,1H3. The van der Waals surface area contributed by atoms with Crippen molar-refractivity contribution in [1.82, 2.24) is 4.98 Å². The van der Waals surface area contributed by atoms with Gasteiger partial charge >= 0.3 is 5.97 Å². The Morgan fingerprint density at radius 3 is 2.52 bits per heavy atom. The maximum Gasteiger partial charge on any atom is 0.339 e. The van der Waals surface area contributed by atoms with Crippen LogP contribution in [-0.4, -0.2) is 26.5 Å². The fourth-order valence-corrected chi connectivity index (χ4v) is 3.08. The Kier molecular flexibility index (Phi) is 4.32. The number of hydrogen-bond donors (Lipinski definition) is 0. The summed E-state index contributed by atoms with van der Waals surface area (Å²) in [6.45, 7) is 0. The Hall–Kier alpha value is -2.28. The zero-order valence-electron chi connectivity index (χ0n) is 11.1. The molecule has 0 atom stereocenters. The second-order valence-corrected chi connectivity index (χ2v) is 6.18. The zero-order chi connectivity index (χ0) is 15.5. The van der Waals surface area contributed by atoms with Gasteiger partial charge in [0.2, 0.25) is 0 Å². The Morgan fingerprint density at radius 1 is 1.24 bits per heavy atom. The third-order valence-electron chi connectivity index (χ3n) is 2.76. The number of pyridine rings is 1. The van der Waals surface area contributed by atoms with Gasteiger partial charge in [-0.25, -0.2) is 17.6 Å². The summed E-state index contributed by atoms with van der Waals surface area (Å²) in [7, 11) is -2.60. The molecule has 1 aromatic carbocycles. The van der Waals surface area contributed by atoms with Crippen LogP contribution in [0.2, 0.25) is 0 Å². The Bertz CT molecular complexity index is 757. The normalized spacial score (nSPS) is 11.1. The van der Waals surface area contributed by atoms with Crippen molar-refractivity contribution in [1.29, 1.82) is 0 Å². The highest BCUT2D eigenvalue weighted by atomic mass is 32.2. The Labute approximate surface area is 121 Å². The fourth-order valence-electron chi connectivity index (χ4n) is 1.72. The van der Waals surface area contributed by atoms with Crippen LogP contribution < -0.4 is 0 Å². The average Bonchev–Trinajstić information content (AvgIpc) is 2.47. The first kappa shape index (κ1) is 15.1. The van der Waals surface area contributed by atoms with Gasteiger partial charge in [0.05, 0.1) is 24.1 Å². The molecular formula is C14H12FNO4S. The van der Waals surface area contributed by atoms with Crippen LogP contribution in [0.4, 0.5) is 4.39 Å². The lowest BCUT2D eigenvalue weighted by atomic mass is 10.2. The van der Waals surface area contributed by atoms with Gasteiger partial charge in [-0.05, 0) is 24.3 Å². The summed E-state index contributed by atoms with van der Waals surface area (Å²) in [5.74, 6) is -1.82. The third-order valence-corrected chi connectivity index (χ3v) is 4.43. The van der Waals surface area contributed by atoms with E-state index in [4.69, 9.17) is 0 Å². The molecule has 0 saturated heterocycles. The van der Waals surface area contributed by atoms with E-state index in [0.29, 0.717) is 0 Å². The monoisotopic (exact) mass is 309 g/mol. The molecule has 0 radical (unpaired) electrons. The molecule has 0 N–H and O–H groups in total. The zero-order valence-corrected chi connectivity index (χ0v) is 11.9. The number of esters is 1. The quantitative estimate of drug-likeness (QED) is 0.807. The van der Waals surface area contributed by atoms with Crippen LogP contribution in [0.3, 0.4) is 0 Å². The van der Waals surface area contributed by atoms with Crippen molar-refractivity contribution < 1.29 is 22.3 Å². The van der Waals surface area contributed by atoms with Gasteiger partial charge in [-0.3, -0.25) is 4.98 Å². The van der Waals surface area contributed by atoms with Crippen LogP contribution in [0.5, 0.6) is 0 Å². The van der Waals surface area contributed by atoms with Crippen LogP contribution >= 0.6 is 0 Å². The van der Waals surface area contributed by atoms with Gasteiger partial charge < -0.3 is 4.74 Å². The smallest absolute Gasteiger partial charge is 0.339 e. The molecule has 110 valence electrons. The van der Waals surface area contributed by atoms with Crippen molar-refractivity contribution in [2.24, 2.45) is 0 Å². The van der Waals surface area contributed by atoms with Crippen LogP contribution in [0, 0.1) is 5.82 Å². The Morgan fingerprint density at radius 2 is 1.95 bits per heavy atom. The number of sulfone groups is 1. The maximum atomic E-state index is 13.5. The summed E-state index contributed by atoms with van der Waals surface area (Å²) < 4.78 is 42.3. The van der Waals surface area contributed by atoms with E-state index in [-0.39, 0.29) is 16.2 Å². The summed E-state index contributed by atoms with van der Waals surface area (Å²) in [5.41, 5.74) is 0.426. The van der Waals surface area contributed by atoms with Crippen molar-refractivity contribution in [3.05, 3.63) is 59.7 Å². The maximum absolute atomic E-state index is 13.5. The molecule has 0 bridgehead atoms. The summed E-state index contributed by atoms with van der Waals surface area (Å²) in [6, 6.07) is 7.95. The number of hydrogen-bond acceptors (Lipinski definition) is 5. The second-order valence-electron chi connectivity index (χ2n) is 4.22. The molecule has 2 aromatic rings. The van der Waals surface area contributed by atoms with Gasteiger partial charge in [0.15, 0.2) is 9.84 Å². The molecule has 0 fully saturated rings. The molecule has 5 nitrogen and oxygen atoms in total. The lowest BCUT2D eigenvalue weighted by Gasteiger charge is -2.05.